The van der Waals surface area contributed by atoms with Gasteiger partial charge < -0.3 is 58.4 Å². The Morgan fingerprint density at radius 3 is 0.708 bits per heavy atom. The summed E-state index contributed by atoms with van der Waals surface area (Å²) in [6.07, 6.45) is -7.24. The molecule has 120 heavy (non-hydrogen) atoms. The van der Waals surface area contributed by atoms with E-state index in [-0.39, 0.29) is 87.5 Å². The minimum Gasteiger partial charge on any atom is -0.437 e. The zero-order chi connectivity index (χ0) is 87.2. The average Bonchev–Trinajstić information content (AvgIpc) is 0.785. The van der Waals surface area contributed by atoms with Gasteiger partial charge >= 0.3 is 40.2 Å². The second-order valence-electron chi connectivity index (χ2n) is 36.6. The van der Waals surface area contributed by atoms with E-state index < -0.39 is 40.2 Å². The molecule has 6 atom stereocenters. The van der Waals surface area contributed by atoms with E-state index >= 15 is 0 Å². The largest absolute Gasteiger partial charge is 0.573 e. The highest BCUT2D eigenvalue weighted by atomic mass is 19.4. The molecule has 3 N–H and O–H groups in total. The number of benzene rings is 6. The summed E-state index contributed by atoms with van der Waals surface area (Å²) in [5.74, 6) is 0.753. The number of nitrogens with zero attached hydrogens (tertiary/aromatic N) is 9. The standard InChI is InChI=1S/3C30H41BF3N3O3/c3*1-29(2,3)26-21-35(18-19-37(26)27(38)20-22-14-16-36(17-15-22)31(4)39)28(23-8-6-5-7-9-23)24-10-12-25(13-11-24)40-30(32,33)34/h3*5-13,22,26,28,39H,14-21H2,1-4H3/t3*26-,28?/m111/s1. The molecular formula is C90H123B3F9N9O9. The number of alkyl halides is 9. The lowest BCUT2D eigenvalue weighted by Gasteiger charge is -2.50. The lowest BCUT2D eigenvalue weighted by Crippen LogP contribution is -2.60. The van der Waals surface area contributed by atoms with Gasteiger partial charge in [0.05, 0.1) is 18.1 Å². The third-order valence-corrected chi connectivity index (χ3v) is 24.8. The topological polar surface area (TPSA) is 169 Å². The number of hydrogen-bond acceptors (Lipinski definition) is 15. The van der Waals surface area contributed by atoms with Crippen molar-refractivity contribution in [3.63, 3.8) is 0 Å². The smallest absolute Gasteiger partial charge is 0.437 e. The molecule has 6 aromatic carbocycles. The second kappa shape index (κ2) is 41.2. The first kappa shape index (κ1) is 94.6. The molecule has 3 unspecified atom stereocenters. The van der Waals surface area contributed by atoms with Crippen molar-refractivity contribution in [1.82, 2.24) is 43.8 Å². The number of piperazine rings is 3. The van der Waals surface area contributed by atoms with Gasteiger partial charge in [0.2, 0.25) is 17.7 Å². The van der Waals surface area contributed by atoms with Crippen LogP contribution in [-0.2, 0) is 14.4 Å². The van der Waals surface area contributed by atoms with Crippen LogP contribution in [0.2, 0.25) is 20.5 Å². The summed E-state index contributed by atoms with van der Waals surface area (Å²) in [4.78, 5) is 60.3. The number of piperidine rings is 3. The van der Waals surface area contributed by atoms with Crippen LogP contribution in [0.4, 0.5) is 39.5 Å². The number of amides is 3. The van der Waals surface area contributed by atoms with E-state index in [1.54, 1.807) is 56.9 Å². The summed E-state index contributed by atoms with van der Waals surface area (Å²) in [6, 6.07) is 47.6. The Kier molecular flexibility index (Phi) is 32.5. The van der Waals surface area contributed by atoms with Crippen LogP contribution >= 0.6 is 0 Å². The third kappa shape index (κ3) is 27.2. The van der Waals surface area contributed by atoms with Crippen LogP contribution in [0.1, 0.15) is 172 Å². The van der Waals surface area contributed by atoms with E-state index in [1.165, 1.54) is 36.4 Å². The molecule has 0 bridgehead atoms. The van der Waals surface area contributed by atoms with Gasteiger partial charge in [-0.1, -0.05) is 190 Å². The molecular weight excluding hydrogens is 1550 g/mol. The number of ether oxygens (including phenoxy) is 3. The van der Waals surface area contributed by atoms with E-state index in [1.807, 2.05) is 105 Å². The number of carbonyl (C=O) groups excluding carboxylic acids is 3. The van der Waals surface area contributed by atoms with Gasteiger partial charge in [0, 0.05) is 96.3 Å². The van der Waals surface area contributed by atoms with Crippen LogP contribution in [0.5, 0.6) is 17.2 Å². The maximum Gasteiger partial charge on any atom is 0.573 e. The predicted octanol–water partition coefficient (Wildman–Crippen LogP) is 16.3. The number of carbonyl (C=O) groups is 3. The van der Waals surface area contributed by atoms with E-state index in [2.05, 4.69) is 106 Å². The van der Waals surface area contributed by atoms with Gasteiger partial charge in [-0.15, -0.1) is 39.5 Å². The van der Waals surface area contributed by atoms with Gasteiger partial charge in [-0.05, 0) is 202 Å². The molecule has 6 aliphatic rings. The van der Waals surface area contributed by atoms with Crippen LogP contribution < -0.4 is 14.2 Å². The molecule has 0 aromatic heterocycles. The Balaban J connectivity index is 0.000000189. The highest BCUT2D eigenvalue weighted by molar-refractivity contribution is 6.45. The Morgan fingerprint density at radius 2 is 0.525 bits per heavy atom. The first-order chi connectivity index (χ1) is 56.4. The first-order valence-corrected chi connectivity index (χ1v) is 42.5. The van der Waals surface area contributed by atoms with Crippen LogP contribution in [0.3, 0.4) is 0 Å². The predicted molar refractivity (Wildman–Crippen MR) is 452 cm³/mol. The third-order valence-electron chi connectivity index (χ3n) is 24.8. The monoisotopic (exact) mass is 1680 g/mol. The van der Waals surface area contributed by atoms with E-state index in [0.29, 0.717) is 95.9 Å². The molecule has 30 heteroatoms. The fourth-order valence-electron chi connectivity index (χ4n) is 18.2. The van der Waals surface area contributed by atoms with Gasteiger partial charge in [0.25, 0.3) is 0 Å². The molecule has 6 aliphatic heterocycles. The number of rotatable bonds is 21. The summed E-state index contributed by atoms with van der Waals surface area (Å²) >= 11 is 0. The quantitative estimate of drug-likeness (QED) is 0.0459. The van der Waals surface area contributed by atoms with Crippen LogP contribution in [0.25, 0.3) is 0 Å². The Bertz CT molecular complexity index is 3720. The van der Waals surface area contributed by atoms with Gasteiger partial charge in [0.1, 0.15) is 17.2 Å². The first-order valence-electron chi connectivity index (χ1n) is 42.5. The molecule has 0 spiro atoms. The summed E-state index contributed by atoms with van der Waals surface area (Å²) in [6.45, 7) is 35.2. The molecule has 0 radical (unpaired) electrons. The SMILES string of the molecule is CB(O)N1CCC(CC(=O)N2CCN(C(c3ccccc3)c3ccc(OC(F)(F)F)cc3)C[C@@H]2C(C)(C)C)CC1.CB(O)N1CCC(CC(=O)N2CCN(C(c3ccccc3)c3ccc(OC(F)(F)F)cc3)C[C@@H]2C(C)(C)C)CC1.CB(O)N1CCC(CC(=O)N2CCN(C(c3ccccc3)c3ccc(OC(F)(F)F)cc3)C[C@@H]2C(C)(C)C)CC1. The van der Waals surface area contributed by atoms with Gasteiger partial charge in [0.15, 0.2) is 0 Å². The van der Waals surface area contributed by atoms with Crippen molar-refractivity contribution in [2.75, 3.05) is 98.2 Å². The fraction of sp³-hybridized carbons (Fsp3) is 0.567. The van der Waals surface area contributed by atoms with Crippen LogP contribution in [-0.4, -0.2) is 233 Å². The molecule has 6 heterocycles. The van der Waals surface area contributed by atoms with Crippen molar-refractivity contribution in [1.29, 1.82) is 0 Å². The van der Waals surface area contributed by atoms with Crippen molar-refractivity contribution in [3.05, 3.63) is 197 Å². The Hall–Kier alpha value is -7.67. The van der Waals surface area contributed by atoms with E-state index in [9.17, 15) is 69.0 Å². The molecule has 6 fully saturated rings. The minimum atomic E-state index is -4.74. The van der Waals surface area contributed by atoms with Gasteiger partial charge in [-0.25, -0.2) is 0 Å². The van der Waals surface area contributed by atoms with Gasteiger partial charge in [-0.3, -0.25) is 29.1 Å². The van der Waals surface area contributed by atoms with E-state index in [4.69, 9.17) is 0 Å². The molecule has 18 nitrogen and oxygen atoms in total. The van der Waals surface area contributed by atoms with Gasteiger partial charge in [-0.2, -0.15) is 0 Å². The van der Waals surface area contributed by atoms with Crippen molar-refractivity contribution < 1.29 is 83.2 Å². The minimum absolute atomic E-state index is 0.0228. The zero-order valence-corrected chi connectivity index (χ0v) is 71.7. The zero-order valence-electron chi connectivity index (χ0n) is 71.7. The summed E-state index contributed by atoms with van der Waals surface area (Å²) in [5, 5.41) is 29.6. The number of halogens is 9. The molecule has 6 aromatic rings. The molecule has 0 aliphatic carbocycles. The average molecular weight is 1680 g/mol. The molecule has 3 amide bonds. The van der Waals surface area contributed by atoms with Crippen molar-refractivity contribution >= 4 is 38.9 Å². The molecule has 6 saturated heterocycles. The van der Waals surface area contributed by atoms with Crippen molar-refractivity contribution in [2.45, 2.75) is 196 Å². The summed E-state index contributed by atoms with van der Waals surface area (Å²) in [5.41, 5.74) is 5.24. The summed E-state index contributed by atoms with van der Waals surface area (Å²) < 4.78 is 127. The van der Waals surface area contributed by atoms with E-state index in [0.717, 1.165) is 111 Å². The second-order valence-corrected chi connectivity index (χ2v) is 36.6. The Labute approximate surface area is 705 Å². The lowest BCUT2D eigenvalue weighted by atomic mass is 9.80. The maximum absolute atomic E-state index is 13.6. The van der Waals surface area contributed by atoms with Crippen molar-refractivity contribution in [2.24, 2.45) is 34.0 Å². The molecule has 654 valence electrons. The number of hydrogen-bond donors (Lipinski definition) is 3. The lowest BCUT2D eigenvalue weighted by molar-refractivity contribution is -0.275. The highest BCUT2D eigenvalue weighted by Crippen LogP contribution is 2.43. The normalized spacial score (nSPS) is 20.8. The Morgan fingerprint density at radius 1 is 0.325 bits per heavy atom. The van der Waals surface area contributed by atoms with Crippen LogP contribution in [0.15, 0.2) is 164 Å². The molecule has 0 saturated carbocycles. The summed E-state index contributed by atoms with van der Waals surface area (Å²) in [7, 11) is -1.37. The maximum atomic E-state index is 13.6. The highest BCUT2D eigenvalue weighted by Gasteiger charge is 2.46. The van der Waals surface area contributed by atoms with Crippen molar-refractivity contribution in [3.8, 4) is 17.2 Å². The molecule has 12 rings (SSSR count). The fourth-order valence-corrected chi connectivity index (χ4v) is 18.2. The van der Waals surface area contributed by atoms with Crippen LogP contribution in [0, 0.1) is 34.0 Å².